The number of esters is 1. The van der Waals surface area contributed by atoms with Crippen molar-refractivity contribution in [1.29, 1.82) is 0 Å². The molecule has 0 unspecified atom stereocenters. The number of nitrogens with zero attached hydrogens (tertiary/aromatic N) is 2. The van der Waals surface area contributed by atoms with Gasteiger partial charge in [-0.05, 0) is 31.0 Å². The van der Waals surface area contributed by atoms with Gasteiger partial charge in [0.2, 0.25) is 0 Å². The van der Waals surface area contributed by atoms with Gasteiger partial charge in [-0.2, -0.15) is 0 Å². The van der Waals surface area contributed by atoms with Crippen LogP contribution in [-0.4, -0.2) is 36.5 Å². The molecule has 9 heteroatoms. The number of carbonyl (C=O) groups excluding carboxylic acids is 2. The Morgan fingerprint density at radius 3 is 2.57 bits per heavy atom. The number of halogens is 1. The third-order valence-corrected chi connectivity index (χ3v) is 4.34. The highest BCUT2D eigenvalue weighted by Gasteiger charge is 2.24. The van der Waals surface area contributed by atoms with E-state index >= 15 is 0 Å². The molecule has 2 aromatic carbocycles. The zero-order valence-electron chi connectivity index (χ0n) is 14.9. The largest absolute Gasteiger partial charge is 0.452 e. The quantitative estimate of drug-likeness (QED) is 0.464. The van der Waals surface area contributed by atoms with Gasteiger partial charge in [0.1, 0.15) is 5.82 Å². The molecule has 1 aliphatic rings. The summed E-state index contributed by atoms with van der Waals surface area (Å²) in [6, 6.07) is 9.58. The van der Waals surface area contributed by atoms with Crippen molar-refractivity contribution in [2.24, 2.45) is 0 Å². The summed E-state index contributed by atoms with van der Waals surface area (Å²) in [6.45, 7) is 0.813. The molecule has 3 rings (SSSR count). The Morgan fingerprint density at radius 1 is 1.18 bits per heavy atom. The van der Waals surface area contributed by atoms with Gasteiger partial charge in [0.05, 0.1) is 21.9 Å². The number of hydrogen-bond acceptors (Lipinski definition) is 6. The second-order valence-corrected chi connectivity index (χ2v) is 6.26. The summed E-state index contributed by atoms with van der Waals surface area (Å²) in [5, 5.41) is 13.4. The van der Waals surface area contributed by atoms with Crippen molar-refractivity contribution < 1.29 is 23.6 Å². The summed E-state index contributed by atoms with van der Waals surface area (Å²) < 4.78 is 18.6. The van der Waals surface area contributed by atoms with Crippen molar-refractivity contribution >= 4 is 28.9 Å². The van der Waals surface area contributed by atoms with Crippen LogP contribution in [0.3, 0.4) is 0 Å². The predicted octanol–water partition coefficient (Wildman–Crippen LogP) is 3.13. The molecule has 1 fully saturated rings. The van der Waals surface area contributed by atoms with Crippen LogP contribution in [0.5, 0.6) is 0 Å². The van der Waals surface area contributed by atoms with Gasteiger partial charge >= 0.3 is 5.97 Å². The van der Waals surface area contributed by atoms with Gasteiger partial charge in [-0.1, -0.05) is 12.1 Å². The number of anilines is 2. The standard InChI is InChI=1S/C19H18FN3O5/c20-15-5-1-2-6-16(15)21-18(24)12-28-19(25)14-11-13(23(26)27)7-8-17(14)22-9-3-4-10-22/h1-2,5-8,11H,3-4,9-10,12H2,(H,21,24). The van der Waals surface area contributed by atoms with Gasteiger partial charge in [0.25, 0.3) is 11.6 Å². The lowest BCUT2D eigenvalue weighted by atomic mass is 10.1. The number of non-ortho nitro benzene ring substituents is 1. The molecule has 0 atom stereocenters. The van der Waals surface area contributed by atoms with Gasteiger partial charge in [0, 0.05) is 25.2 Å². The SMILES string of the molecule is O=C(COC(=O)c1cc([N+](=O)[O-])ccc1N1CCCC1)Nc1ccccc1F. The van der Waals surface area contributed by atoms with Crippen LogP contribution in [0.25, 0.3) is 0 Å². The predicted molar refractivity (Wildman–Crippen MR) is 99.9 cm³/mol. The summed E-state index contributed by atoms with van der Waals surface area (Å²) in [7, 11) is 0. The van der Waals surface area contributed by atoms with E-state index in [1.165, 1.54) is 30.3 Å². The number of carbonyl (C=O) groups is 2. The van der Waals surface area contributed by atoms with Crippen LogP contribution in [0.15, 0.2) is 42.5 Å². The molecule has 1 N–H and O–H groups in total. The minimum absolute atomic E-state index is 0.0230. The van der Waals surface area contributed by atoms with Crippen LogP contribution < -0.4 is 10.2 Å². The van der Waals surface area contributed by atoms with Crippen molar-refractivity contribution in [3.63, 3.8) is 0 Å². The summed E-state index contributed by atoms with van der Waals surface area (Å²) in [5.41, 5.74) is 0.278. The van der Waals surface area contributed by atoms with Crippen LogP contribution in [0.4, 0.5) is 21.5 Å². The van der Waals surface area contributed by atoms with E-state index in [-0.39, 0.29) is 16.9 Å². The van der Waals surface area contributed by atoms with Crippen molar-refractivity contribution in [2.45, 2.75) is 12.8 Å². The summed E-state index contributed by atoms with van der Waals surface area (Å²) in [5.74, 6) is -2.18. The molecule has 0 spiro atoms. The molecule has 146 valence electrons. The van der Waals surface area contributed by atoms with E-state index in [1.54, 1.807) is 6.07 Å². The molecule has 0 radical (unpaired) electrons. The van der Waals surface area contributed by atoms with Gasteiger partial charge < -0.3 is 15.0 Å². The molecule has 1 aliphatic heterocycles. The molecular weight excluding hydrogens is 369 g/mol. The monoisotopic (exact) mass is 387 g/mol. The molecule has 0 bridgehead atoms. The van der Waals surface area contributed by atoms with Crippen LogP contribution in [0, 0.1) is 15.9 Å². The topological polar surface area (TPSA) is 102 Å². The highest BCUT2D eigenvalue weighted by atomic mass is 19.1. The molecule has 1 heterocycles. The normalized spacial score (nSPS) is 13.2. The molecule has 0 saturated carbocycles. The third-order valence-electron chi connectivity index (χ3n) is 4.34. The number of para-hydroxylation sites is 1. The number of nitro groups is 1. The van der Waals surface area contributed by atoms with Crippen LogP contribution in [0.2, 0.25) is 0 Å². The molecule has 2 aromatic rings. The molecule has 8 nitrogen and oxygen atoms in total. The lowest BCUT2D eigenvalue weighted by molar-refractivity contribution is -0.384. The highest BCUT2D eigenvalue weighted by molar-refractivity contribution is 5.99. The van der Waals surface area contributed by atoms with E-state index in [4.69, 9.17) is 4.74 Å². The molecule has 28 heavy (non-hydrogen) atoms. The Hall–Kier alpha value is -3.49. The van der Waals surface area contributed by atoms with Crippen LogP contribution in [0.1, 0.15) is 23.2 Å². The Bertz CT molecular complexity index is 912. The zero-order chi connectivity index (χ0) is 20.1. The maximum atomic E-state index is 13.6. The van der Waals surface area contributed by atoms with E-state index in [1.807, 2.05) is 4.90 Å². The Balaban J connectivity index is 1.72. The van der Waals surface area contributed by atoms with Gasteiger partial charge in [-0.25, -0.2) is 9.18 Å². The number of rotatable bonds is 6. The first-order valence-electron chi connectivity index (χ1n) is 8.70. The first-order chi connectivity index (χ1) is 13.5. The number of ether oxygens (including phenoxy) is 1. The fraction of sp³-hybridized carbons (Fsp3) is 0.263. The van der Waals surface area contributed by atoms with Crippen LogP contribution in [-0.2, 0) is 9.53 Å². The Morgan fingerprint density at radius 2 is 1.89 bits per heavy atom. The fourth-order valence-corrected chi connectivity index (χ4v) is 2.99. The van der Waals surface area contributed by atoms with Crippen LogP contribution >= 0.6 is 0 Å². The van der Waals surface area contributed by atoms with E-state index in [9.17, 15) is 24.1 Å². The maximum absolute atomic E-state index is 13.6. The summed E-state index contributed by atoms with van der Waals surface area (Å²) in [6.07, 6.45) is 1.91. The lowest BCUT2D eigenvalue weighted by Crippen LogP contribution is -2.24. The average Bonchev–Trinajstić information content (AvgIpc) is 3.22. The second kappa shape index (κ2) is 8.47. The van der Waals surface area contributed by atoms with Gasteiger partial charge in [0.15, 0.2) is 6.61 Å². The fourth-order valence-electron chi connectivity index (χ4n) is 2.99. The molecular formula is C19H18FN3O5. The van der Waals surface area contributed by atoms with Gasteiger partial charge in [-0.3, -0.25) is 14.9 Å². The highest BCUT2D eigenvalue weighted by Crippen LogP contribution is 2.29. The van der Waals surface area contributed by atoms with E-state index < -0.39 is 29.2 Å². The average molecular weight is 387 g/mol. The van der Waals surface area contributed by atoms with Gasteiger partial charge in [-0.15, -0.1) is 0 Å². The first kappa shape index (κ1) is 19.3. The number of nitrogens with one attached hydrogen (secondary N) is 1. The Kier molecular flexibility index (Phi) is 5.83. The van der Waals surface area contributed by atoms with Crippen molar-refractivity contribution in [1.82, 2.24) is 0 Å². The third kappa shape index (κ3) is 4.43. The minimum atomic E-state index is -0.853. The molecule has 0 aliphatic carbocycles. The number of amides is 1. The lowest BCUT2D eigenvalue weighted by Gasteiger charge is -2.20. The van der Waals surface area contributed by atoms with Crippen molar-refractivity contribution in [3.05, 3.63) is 64.0 Å². The van der Waals surface area contributed by atoms with Crippen molar-refractivity contribution in [2.75, 3.05) is 29.9 Å². The molecule has 0 aromatic heterocycles. The Labute approximate surface area is 160 Å². The summed E-state index contributed by atoms with van der Waals surface area (Å²) >= 11 is 0. The molecule has 1 saturated heterocycles. The molecule has 1 amide bonds. The number of hydrogen-bond donors (Lipinski definition) is 1. The maximum Gasteiger partial charge on any atom is 0.341 e. The zero-order valence-corrected chi connectivity index (χ0v) is 14.9. The number of benzene rings is 2. The van der Waals surface area contributed by atoms with E-state index in [0.717, 1.165) is 32.0 Å². The van der Waals surface area contributed by atoms with Crippen molar-refractivity contribution in [3.8, 4) is 0 Å². The number of nitro benzene ring substituents is 1. The first-order valence-corrected chi connectivity index (χ1v) is 8.70. The van der Waals surface area contributed by atoms with E-state index in [0.29, 0.717) is 5.69 Å². The summed E-state index contributed by atoms with van der Waals surface area (Å²) in [4.78, 5) is 36.8. The minimum Gasteiger partial charge on any atom is -0.452 e. The van der Waals surface area contributed by atoms with E-state index in [2.05, 4.69) is 5.32 Å². The smallest absolute Gasteiger partial charge is 0.341 e. The second-order valence-electron chi connectivity index (χ2n) is 6.26.